The fraction of sp³-hybridized carbons (Fsp3) is 0.316. The fourth-order valence-corrected chi connectivity index (χ4v) is 2.90. The van der Waals surface area contributed by atoms with Gasteiger partial charge < -0.3 is 14.0 Å². The Morgan fingerprint density at radius 1 is 1.41 bits per heavy atom. The molecule has 1 aromatic heterocycles. The van der Waals surface area contributed by atoms with Crippen LogP contribution < -0.4 is 20.5 Å². The summed E-state index contributed by atoms with van der Waals surface area (Å²) in [5, 5.41) is 3.93. The molecular weight excluding hydrogens is 414 g/mol. The summed E-state index contributed by atoms with van der Waals surface area (Å²) in [5.41, 5.74) is 2.75. The van der Waals surface area contributed by atoms with Crippen molar-refractivity contribution in [3.8, 4) is 11.5 Å². The van der Waals surface area contributed by atoms with E-state index in [0.717, 1.165) is 0 Å². The van der Waals surface area contributed by atoms with Gasteiger partial charge in [0.2, 0.25) is 0 Å². The largest absolute Gasteiger partial charge is 0.493 e. The van der Waals surface area contributed by atoms with Crippen LogP contribution in [0.5, 0.6) is 11.5 Å². The molecule has 0 radical (unpaired) electrons. The molecule has 1 heterocycles. The highest BCUT2D eigenvalue weighted by atomic mass is 79.9. The van der Waals surface area contributed by atoms with Gasteiger partial charge in [0.1, 0.15) is 5.56 Å². The van der Waals surface area contributed by atoms with Crippen molar-refractivity contribution < 1.29 is 14.3 Å². The smallest absolute Gasteiger partial charge is 0.276 e. The predicted molar refractivity (Wildman–Crippen MR) is 108 cm³/mol. The van der Waals surface area contributed by atoms with Gasteiger partial charge in [0.25, 0.3) is 11.5 Å². The third kappa shape index (κ3) is 5.19. The van der Waals surface area contributed by atoms with Crippen molar-refractivity contribution in [2.75, 3.05) is 7.11 Å². The van der Waals surface area contributed by atoms with Crippen LogP contribution in [0, 0.1) is 0 Å². The zero-order valence-electron chi connectivity index (χ0n) is 15.7. The second-order valence-corrected chi connectivity index (χ2v) is 6.77. The molecule has 0 unspecified atom stereocenters. The van der Waals surface area contributed by atoms with Crippen molar-refractivity contribution in [3.05, 3.63) is 56.4 Å². The topological polar surface area (TPSA) is 81.9 Å². The van der Waals surface area contributed by atoms with Crippen LogP contribution in [-0.2, 0) is 6.54 Å². The lowest BCUT2D eigenvalue weighted by molar-refractivity contribution is 0.0953. The fourth-order valence-electron chi connectivity index (χ4n) is 2.35. The molecule has 0 saturated heterocycles. The van der Waals surface area contributed by atoms with E-state index < -0.39 is 5.91 Å². The van der Waals surface area contributed by atoms with Gasteiger partial charge in [0.05, 0.1) is 23.9 Å². The van der Waals surface area contributed by atoms with Crippen LogP contribution >= 0.6 is 15.9 Å². The molecular formula is C19H22BrN3O4. The Hall–Kier alpha value is -2.61. The molecule has 27 heavy (non-hydrogen) atoms. The molecule has 0 atom stereocenters. The number of pyridine rings is 1. The number of hydrogen-bond donors (Lipinski definition) is 1. The highest BCUT2D eigenvalue weighted by molar-refractivity contribution is 9.10. The maximum Gasteiger partial charge on any atom is 0.276 e. The number of methoxy groups -OCH3 is 1. The van der Waals surface area contributed by atoms with Crippen molar-refractivity contribution >= 4 is 28.1 Å². The SMILES string of the molecule is CCn1cccc(C(=O)N/N=C\c2cc(Br)c(OC(C)C)c(OC)c2)c1=O. The van der Waals surface area contributed by atoms with Crippen molar-refractivity contribution in [2.24, 2.45) is 5.10 Å². The highest BCUT2D eigenvalue weighted by Crippen LogP contribution is 2.36. The molecule has 2 aromatic rings. The Morgan fingerprint density at radius 2 is 2.15 bits per heavy atom. The van der Waals surface area contributed by atoms with Gasteiger partial charge in [-0.05, 0) is 66.5 Å². The summed E-state index contributed by atoms with van der Waals surface area (Å²) < 4.78 is 13.3. The van der Waals surface area contributed by atoms with E-state index in [1.54, 1.807) is 31.5 Å². The normalized spacial score (nSPS) is 11.0. The summed E-state index contributed by atoms with van der Waals surface area (Å²) in [6, 6.07) is 6.66. The van der Waals surface area contributed by atoms with Gasteiger partial charge in [0, 0.05) is 12.7 Å². The van der Waals surface area contributed by atoms with E-state index >= 15 is 0 Å². The van der Waals surface area contributed by atoms with Crippen molar-refractivity contribution in [2.45, 2.75) is 33.4 Å². The highest BCUT2D eigenvalue weighted by Gasteiger charge is 2.13. The Kier molecular flexibility index (Phi) is 7.18. The number of aromatic nitrogens is 1. The molecule has 0 spiro atoms. The average molecular weight is 436 g/mol. The number of ether oxygens (including phenoxy) is 2. The molecule has 0 aliphatic carbocycles. The summed E-state index contributed by atoms with van der Waals surface area (Å²) in [7, 11) is 1.55. The lowest BCUT2D eigenvalue weighted by Gasteiger charge is -2.15. The maximum absolute atomic E-state index is 12.2. The first-order chi connectivity index (χ1) is 12.9. The number of carbonyl (C=O) groups is 1. The summed E-state index contributed by atoms with van der Waals surface area (Å²) >= 11 is 3.45. The van der Waals surface area contributed by atoms with Crippen LogP contribution in [0.3, 0.4) is 0 Å². The van der Waals surface area contributed by atoms with E-state index in [1.807, 2.05) is 20.8 Å². The monoisotopic (exact) mass is 435 g/mol. The number of benzene rings is 1. The number of hydrogen-bond acceptors (Lipinski definition) is 5. The van der Waals surface area contributed by atoms with Crippen molar-refractivity contribution in [1.82, 2.24) is 9.99 Å². The third-order valence-electron chi connectivity index (χ3n) is 3.59. The molecule has 0 fully saturated rings. The quantitative estimate of drug-likeness (QED) is 0.534. The van der Waals surface area contributed by atoms with Crippen molar-refractivity contribution in [1.29, 1.82) is 0 Å². The molecule has 1 amide bonds. The molecule has 1 aromatic carbocycles. The predicted octanol–water partition coefficient (Wildman–Crippen LogP) is 3.19. The van der Waals surface area contributed by atoms with Crippen LogP contribution in [-0.4, -0.2) is 29.9 Å². The lowest BCUT2D eigenvalue weighted by Crippen LogP contribution is -2.30. The minimum Gasteiger partial charge on any atom is -0.493 e. The Balaban J connectivity index is 2.18. The van der Waals surface area contributed by atoms with Crippen LogP contribution in [0.15, 0.2) is 44.8 Å². The van der Waals surface area contributed by atoms with Gasteiger partial charge in [-0.25, -0.2) is 5.43 Å². The first-order valence-corrected chi connectivity index (χ1v) is 9.23. The standard InChI is InChI=1S/C19H22BrN3O4/c1-5-23-8-6-7-14(19(23)25)18(24)22-21-11-13-9-15(20)17(27-12(2)3)16(10-13)26-4/h6-12H,5H2,1-4H3,(H,22,24)/b21-11-. The number of hydrazone groups is 1. The summed E-state index contributed by atoms with van der Waals surface area (Å²) in [6.07, 6.45) is 3.09. The Morgan fingerprint density at radius 3 is 2.78 bits per heavy atom. The van der Waals surface area contributed by atoms with Crippen LogP contribution in [0.25, 0.3) is 0 Å². The van der Waals surface area contributed by atoms with Gasteiger partial charge in [0.15, 0.2) is 11.5 Å². The number of nitrogens with one attached hydrogen (secondary N) is 1. The van der Waals surface area contributed by atoms with E-state index in [1.165, 1.54) is 16.8 Å². The number of carbonyl (C=O) groups excluding carboxylic acids is 1. The molecule has 1 N–H and O–H groups in total. The van der Waals surface area contributed by atoms with E-state index in [-0.39, 0.29) is 17.2 Å². The summed E-state index contributed by atoms with van der Waals surface area (Å²) in [5.74, 6) is 0.572. The lowest BCUT2D eigenvalue weighted by atomic mass is 10.2. The maximum atomic E-state index is 12.2. The minimum absolute atomic E-state index is 0.00736. The van der Waals surface area contributed by atoms with Gasteiger partial charge >= 0.3 is 0 Å². The van der Waals surface area contributed by atoms with E-state index in [9.17, 15) is 9.59 Å². The summed E-state index contributed by atoms with van der Waals surface area (Å²) in [6.45, 7) is 6.17. The van der Waals surface area contributed by atoms with Crippen LogP contribution in [0.4, 0.5) is 0 Å². The van der Waals surface area contributed by atoms with Crippen molar-refractivity contribution in [3.63, 3.8) is 0 Å². The Bertz CT molecular complexity index is 906. The number of amides is 1. The van der Waals surface area contributed by atoms with E-state index in [2.05, 4.69) is 26.5 Å². The molecule has 0 aliphatic rings. The molecule has 0 aliphatic heterocycles. The first kappa shape index (κ1) is 20.7. The van der Waals surface area contributed by atoms with E-state index in [4.69, 9.17) is 9.47 Å². The van der Waals surface area contributed by atoms with Gasteiger partial charge in [-0.3, -0.25) is 9.59 Å². The molecule has 2 rings (SSSR count). The second-order valence-electron chi connectivity index (χ2n) is 5.91. The molecule has 0 saturated carbocycles. The van der Waals surface area contributed by atoms with E-state index in [0.29, 0.717) is 28.1 Å². The molecule has 7 nitrogen and oxygen atoms in total. The third-order valence-corrected chi connectivity index (χ3v) is 4.18. The average Bonchev–Trinajstić information content (AvgIpc) is 2.63. The summed E-state index contributed by atoms with van der Waals surface area (Å²) in [4.78, 5) is 24.3. The minimum atomic E-state index is -0.565. The van der Waals surface area contributed by atoms with Gasteiger partial charge in [-0.1, -0.05) is 0 Å². The van der Waals surface area contributed by atoms with Crippen LogP contribution in [0.1, 0.15) is 36.7 Å². The number of nitrogens with zero attached hydrogens (tertiary/aromatic N) is 2. The number of rotatable bonds is 7. The first-order valence-electron chi connectivity index (χ1n) is 8.44. The zero-order chi connectivity index (χ0) is 20.0. The molecule has 144 valence electrons. The molecule has 0 bridgehead atoms. The second kappa shape index (κ2) is 9.36. The van der Waals surface area contributed by atoms with Gasteiger partial charge in [-0.2, -0.15) is 5.10 Å². The Labute approximate surface area is 166 Å². The zero-order valence-corrected chi connectivity index (χ0v) is 17.2. The number of aryl methyl sites for hydroxylation is 1. The van der Waals surface area contributed by atoms with Crippen LogP contribution in [0.2, 0.25) is 0 Å². The van der Waals surface area contributed by atoms with Gasteiger partial charge in [-0.15, -0.1) is 0 Å². The molecule has 8 heteroatoms. The number of halogens is 1.